The first-order valence-electron chi connectivity index (χ1n) is 5.79. The average molecular weight is 236 g/mol. The fourth-order valence-electron chi connectivity index (χ4n) is 1.55. The van der Waals surface area contributed by atoms with Crippen LogP contribution in [0.5, 0.6) is 5.75 Å². The molecule has 1 N–H and O–H groups in total. The molecule has 92 valence electrons. The van der Waals surface area contributed by atoms with Gasteiger partial charge in [-0.2, -0.15) is 0 Å². The van der Waals surface area contributed by atoms with Crippen molar-refractivity contribution in [3.05, 3.63) is 29.8 Å². The third kappa shape index (κ3) is 4.44. The Labute approximate surface area is 100 Å². The number of aryl methyl sites for hydroxylation is 1. The molecule has 1 aliphatic rings. The van der Waals surface area contributed by atoms with E-state index in [2.05, 4.69) is 0 Å². The summed E-state index contributed by atoms with van der Waals surface area (Å²) in [6.45, 7) is 1.41. The molecule has 0 aliphatic carbocycles. The molecule has 1 atom stereocenters. The second kappa shape index (κ2) is 5.68. The summed E-state index contributed by atoms with van der Waals surface area (Å²) < 4.78 is 10.6. The number of rotatable bonds is 7. The van der Waals surface area contributed by atoms with Crippen molar-refractivity contribution >= 4 is 5.97 Å². The van der Waals surface area contributed by atoms with Crippen molar-refractivity contribution in [2.45, 2.75) is 25.4 Å². The van der Waals surface area contributed by atoms with Gasteiger partial charge in [0, 0.05) is 6.42 Å². The highest BCUT2D eigenvalue weighted by Gasteiger charge is 2.22. The van der Waals surface area contributed by atoms with Crippen LogP contribution < -0.4 is 4.74 Å². The van der Waals surface area contributed by atoms with Gasteiger partial charge in [0.15, 0.2) is 0 Å². The molecular formula is C13H16O4. The van der Waals surface area contributed by atoms with Gasteiger partial charge in [-0.05, 0) is 30.5 Å². The third-order valence-corrected chi connectivity index (χ3v) is 2.62. The van der Waals surface area contributed by atoms with E-state index in [0.29, 0.717) is 13.0 Å². The van der Waals surface area contributed by atoms with Crippen LogP contribution in [-0.4, -0.2) is 30.4 Å². The van der Waals surface area contributed by atoms with Crippen molar-refractivity contribution in [3.8, 4) is 5.75 Å². The van der Waals surface area contributed by atoms with Crippen LogP contribution in [0.4, 0.5) is 0 Å². The Morgan fingerprint density at radius 1 is 1.41 bits per heavy atom. The predicted molar refractivity (Wildman–Crippen MR) is 62.3 cm³/mol. The first-order valence-corrected chi connectivity index (χ1v) is 5.79. The van der Waals surface area contributed by atoms with Crippen LogP contribution in [0.1, 0.15) is 18.4 Å². The second-order valence-corrected chi connectivity index (χ2v) is 4.16. The van der Waals surface area contributed by atoms with E-state index in [1.807, 2.05) is 24.3 Å². The molecule has 4 heteroatoms. The van der Waals surface area contributed by atoms with Crippen LogP contribution >= 0.6 is 0 Å². The van der Waals surface area contributed by atoms with Crippen molar-refractivity contribution in [2.24, 2.45) is 0 Å². The number of carboxylic acid groups (broad SMARTS) is 1. The van der Waals surface area contributed by atoms with Gasteiger partial charge in [-0.3, -0.25) is 4.79 Å². The van der Waals surface area contributed by atoms with Gasteiger partial charge in [0.2, 0.25) is 0 Å². The van der Waals surface area contributed by atoms with Crippen molar-refractivity contribution in [1.29, 1.82) is 0 Å². The molecular weight excluding hydrogens is 220 g/mol. The van der Waals surface area contributed by atoms with E-state index in [1.54, 1.807) is 0 Å². The minimum atomic E-state index is -0.741. The molecule has 4 nitrogen and oxygen atoms in total. The van der Waals surface area contributed by atoms with Crippen molar-refractivity contribution in [2.75, 3.05) is 13.2 Å². The number of benzene rings is 1. The van der Waals surface area contributed by atoms with Crippen molar-refractivity contribution in [3.63, 3.8) is 0 Å². The van der Waals surface area contributed by atoms with Crippen LogP contribution in [0.2, 0.25) is 0 Å². The van der Waals surface area contributed by atoms with E-state index in [-0.39, 0.29) is 12.5 Å². The molecule has 0 aromatic heterocycles. The summed E-state index contributed by atoms with van der Waals surface area (Å²) in [6, 6.07) is 7.78. The highest BCUT2D eigenvalue weighted by molar-refractivity contribution is 5.66. The largest absolute Gasteiger partial charge is 0.491 e. The summed E-state index contributed by atoms with van der Waals surface area (Å²) in [4.78, 5) is 10.4. The Bertz CT molecular complexity index is 368. The zero-order valence-electron chi connectivity index (χ0n) is 9.59. The molecule has 0 bridgehead atoms. The monoisotopic (exact) mass is 236 g/mol. The maximum Gasteiger partial charge on any atom is 0.303 e. The summed E-state index contributed by atoms with van der Waals surface area (Å²) in [5.41, 5.74) is 1.14. The number of carbonyl (C=O) groups is 1. The Morgan fingerprint density at radius 2 is 2.12 bits per heavy atom. The first-order chi connectivity index (χ1) is 8.24. The topological polar surface area (TPSA) is 59.1 Å². The van der Waals surface area contributed by atoms with Crippen molar-refractivity contribution < 1.29 is 19.4 Å². The molecule has 1 aromatic rings. The fourth-order valence-corrected chi connectivity index (χ4v) is 1.55. The van der Waals surface area contributed by atoms with Gasteiger partial charge in [-0.25, -0.2) is 0 Å². The minimum Gasteiger partial charge on any atom is -0.491 e. The summed E-state index contributed by atoms with van der Waals surface area (Å²) in [7, 11) is 0. The van der Waals surface area contributed by atoms with E-state index in [1.165, 1.54) is 0 Å². The summed E-state index contributed by atoms with van der Waals surface area (Å²) in [5, 5.41) is 8.53. The fraction of sp³-hybridized carbons (Fsp3) is 0.462. The molecule has 0 spiro atoms. The summed E-state index contributed by atoms with van der Waals surface area (Å²) >= 11 is 0. The Hall–Kier alpha value is -1.55. The van der Waals surface area contributed by atoms with Gasteiger partial charge in [0.05, 0.1) is 6.61 Å². The van der Waals surface area contributed by atoms with E-state index in [4.69, 9.17) is 14.6 Å². The maximum absolute atomic E-state index is 10.4. The smallest absolute Gasteiger partial charge is 0.303 e. The van der Waals surface area contributed by atoms with E-state index in [9.17, 15) is 4.79 Å². The van der Waals surface area contributed by atoms with Crippen LogP contribution in [-0.2, 0) is 16.0 Å². The zero-order valence-corrected chi connectivity index (χ0v) is 9.59. The van der Waals surface area contributed by atoms with Crippen LogP contribution in [0, 0.1) is 0 Å². The summed E-state index contributed by atoms with van der Waals surface area (Å²) in [6.07, 6.45) is 1.95. The molecule has 0 radical (unpaired) electrons. The molecule has 1 aromatic carbocycles. The molecule has 17 heavy (non-hydrogen) atoms. The molecule has 1 aliphatic heterocycles. The average Bonchev–Trinajstić information content (AvgIpc) is 3.11. The molecule has 1 saturated heterocycles. The number of ether oxygens (including phenoxy) is 2. The number of carboxylic acids is 1. The normalized spacial score (nSPS) is 17.8. The Morgan fingerprint density at radius 3 is 2.71 bits per heavy atom. The lowest BCUT2D eigenvalue weighted by atomic mass is 10.1. The number of epoxide rings is 1. The number of hydrogen-bond acceptors (Lipinski definition) is 3. The minimum absolute atomic E-state index is 0.220. The van der Waals surface area contributed by atoms with E-state index in [0.717, 1.165) is 24.3 Å². The number of aliphatic carboxylic acids is 1. The zero-order chi connectivity index (χ0) is 12.1. The van der Waals surface area contributed by atoms with Gasteiger partial charge < -0.3 is 14.6 Å². The van der Waals surface area contributed by atoms with Gasteiger partial charge in [-0.1, -0.05) is 12.1 Å². The molecule has 1 fully saturated rings. The lowest BCUT2D eigenvalue weighted by Crippen LogP contribution is -2.03. The Balaban J connectivity index is 1.73. The second-order valence-electron chi connectivity index (χ2n) is 4.16. The van der Waals surface area contributed by atoms with Crippen molar-refractivity contribution in [1.82, 2.24) is 0 Å². The lowest BCUT2D eigenvalue weighted by molar-refractivity contribution is -0.137. The first kappa shape index (κ1) is 11.9. The highest BCUT2D eigenvalue weighted by atomic mass is 16.6. The summed E-state index contributed by atoms with van der Waals surface area (Å²) in [5.74, 6) is 0.0943. The molecule has 0 saturated carbocycles. The highest BCUT2D eigenvalue weighted by Crippen LogP contribution is 2.16. The standard InChI is InChI=1S/C13H16O4/c14-13(15)3-1-2-10-4-6-11(7-5-10)16-8-12-9-17-12/h4-7,12H,1-3,8-9H2,(H,14,15). The van der Waals surface area contributed by atoms with E-state index < -0.39 is 5.97 Å². The Kier molecular flexibility index (Phi) is 3.98. The lowest BCUT2D eigenvalue weighted by Gasteiger charge is -2.05. The van der Waals surface area contributed by atoms with Crippen LogP contribution in [0.25, 0.3) is 0 Å². The van der Waals surface area contributed by atoms with E-state index >= 15 is 0 Å². The van der Waals surface area contributed by atoms with Gasteiger partial charge >= 0.3 is 5.97 Å². The molecule has 1 heterocycles. The van der Waals surface area contributed by atoms with Crippen LogP contribution in [0.15, 0.2) is 24.3 Å². The molecule has 2 rings (SSSR count). The third-order valence-electron chi connectivity index (χ3n) is 2.62. The molecule has 0 amide bonds. The van der Waals surface area contributed by atoms with Gasteiger partial charge in [0.1, 0.15) is 18.5 Å². The van der Waals surface area contributed by atoms with Gasteiger partial charge in [0.25, 0.3) is 0 Å². The van der Waals surface area contributed by atoms with Crippen LogP contribution in [0.3, 0.4) is 0 Å². The van der Waals surface area contributed by atoms with Gasteiger partial charge in [-0.15, -0.1) is 0 Å². The quantitative estimate of drug-likeness (QED) is 0.734. The maximum atomic E-state index is 10.4. The number of hydrogen-bond donors (Lipinski definition) is 1. The molecule has 1 unspecified atom stereocenters. The SMILES string of the molecule is O=C(O)CCCc1ccc(OCC2CO2)cc1. The predicted octanol–water partition coefficient (Wildman–Crippen LogP) is 1.87.